The number of carbonyl (C=O) groups excluding carboxylic acids is 1. The first-order valence-corrected chi connectivity index (χ1v) is 5.16. The van der Waals surface area contributed by atoms with E-state index in [1.54, 1.807) is 13.8 Å². The number of ether oxygens (including phenoxy) is 1. The summed E-state index contributed by atoms with van der Waals surface area (Å²) in [4.78, 5) is 11.7. The van der Waals surface area contributed by atoms with Crippen LogP contribution in [0.5, 0.6) is 5.75 Å². The van der Waals surface area contributed by atoms with Crippen LogP contribution in [0.4, 0.5) is 4.39 Å². The lowest BCUT2D eigenvalue weighted by atomic mass is 10.1. The van der Waals surface area contributed by atoms with E-state index < -0.39 is 17.3 Å². The Kier molecular flexibility index (Phi) is 4.07. The van der Waals surface area contributed by atoms with Crippen molar-refractivity contribution in [1.82, 2.24) is 5.32 Å². The monoisotopic (exact) mass is 241 g/mol. The van der Waals surface area contributed by atoms with E-state index in [4.69, 9.17) is 9.84 Å². The van der Waals surface area contributed by atoms with Gasteiger partial charge in [0, 0.05) is 5.56 Å². The number of carbonyl (C=O) groups is 1. The summed E-state index contributed by atoms with van der Waals surface area (Å²) in [5.74, 6) is -0.949. The lowest BCUT2D eigenvalue weighted by molar-refractivity contribution is 0.0869. The summed E-state index contributed by atoms with van der Waals surface area (Å²) < 4.78 is 18.1. The van der Waals surface area contributed by atoms with E-state index in [1.165, 1.54) is 19.2 Å². The molecule has 0 saturated heterocycles. The predicted octanol–water partition coefficient (Wildman–Crippen LogP) is 1.33. The van der Waals surface area contributed by atoms with Gasteiger partial charge in [0.25, 0.3) is 5.91 Å². The molecule has 0 atom stereocenters. The predicted molar refractivity (Wildman–Crippen MR) is 61.6 cm³/mol. The van der Waals surface area contributed by atoms with E-state index in [-0.39, 0.29) is 17.9 Å². The first-order chi connectivity index (χ1) is 7.89. The van der Waals surface area contributed by atoms with Crippen LogP contribution in [-0.2, 0) is 0 Å². The number of aliphatic hydroxyl groups is 1. The number of hydrogen-bond acceptors (Lipinski definition) is 3. The third-order valence-electron chi connectivity index (χ3n) is 2.26. The van der Waals surface area contributed by atoms with Gasteiger partial charge in [0.05, 0.1) is 19.3 Å². The fourth-order valence-corrected chi connectivity index (χ4v) is 1.23. The number of methoxy groups -OCH3 is 1. The molecule has 1 rings (SSSR count). The number of amides is 1. The minimum Gasteiger partial charge on any atom is -0.494 e. The Hall–Kier alpha value is -1.62. The maximum atomic E-state index is 13.4. The normalized spacial score (nSPS) is 11.1. The van der Waals surface area contributed by atoms with Gasteiger partial charge in [0.15, 0.2) is 11.6 Å². The molecule has 0 aliphatic rings. The molecule has 17 heavy (non-hydrogen) atoms. The first-order valence-electron chi connectivity index (χ1n) is 5.16. The smallest absolute Gasteiger partial charge is 0.251 e. The molecule has 1 aromatic carbocycles. The van der Waals surface area contributed by atoms with Gasteiger partial charge in [-0.1, -0.05) is 0 Å². The van der Waals surface area contributed by atoms with Crippen LogP contribution in [0.3, 0.4) is 0 Å². The number of halogens is 1. The summed E-state index contributed by atoms with van der Waals surface area (Å²) in [5.41, 5.74) is -0.558. The summed E-state index contributed by atoms with van der Waals surface area (Å²) in [6.45, 7) is 3.15. The molecule has 1 aromatic rings. The molecule has 1 amide bonds. The van der Waals surface area contributed by atoms with Crippen LogP contribution in [0.1, 0.15) is 24.2 Å². The summed E-state index contributed by atoms with van der Waals surface area (Å²) in [6.07, 6.45) is 0. The van der Waals surface area contributed by atoms with Gasteiger partial charge in [0.2, 0.25) is 0 Å². The van der Waals surface area contributed by atoms with Gasteiger partial charge in [-0.15, -0.1) is 0 Å². The van der Waals surface area contributed by atoms with E-state index in [0.717, 1.165) is 6.07 Å². The molecule has 0 unspecified atom stereocenters. The highest BCUT2D eigenvalue weighted by Gasteiger charge is 2.20. The minimum absolute atomic E-state index is 0.0861. The summed E-state index contributed by atoms with van der Waals surface area (Å²) >= 11 is 0. The molecule has 0 bridgehead atoms. The SMILES string of the molecule is COc1ccc(C(=O)NC(C)(C)CO)cc1F. The molecule has 0 aliphatic carbocycles. The Balaban J connectivity index is 2.87. The molecular weight excluding hydrogens is 225 g/mol. The second-order valence-corrected chi connectivity index (χ2v) is 4.35. The van der Waals surface area contributed by atoms with Gasteiger partial charge in [-0.2, -0.15) is 0 Å². The summed E-state index contributed by atoms with van der Waals surface area (Å²) in [5, 5.41) is 11.6. The van der Waals surface area contributed by atoms with E-state index in [2.05, 4.69) is 5.32 Å². The molecule has 0 heterocycles. The number of benzene rings is 1. The van der Waals surface area contributed by atoms with Gasteiger partial charge < -0.3 is 15.2 Å². The Morgan fingerprint density at radius 2 is 2.18 bits per heavy atom. The van der Waals surface area contributed by atoms with Crippen molar-refractivity contribution < 1.29 is 19.0 Å². The lowest BCUT2D eigenvalue weighted by Crippen LogP contribution is -2.46. The van der Waals surface area contributed by atoms with Gasteiger partial charge >= 0.3 is 0 Å². The van der Waals surface area contributed by atoms with Crippen LogP contribution in [0, 0.1) is 5.82 Å². The molecule has 94 valence electrons. The molecule has 2 N–H and O–H groups in total. The van der Waals surface area contributed by atoms with Crippen LogP contribution < -0.4 is 10.1 Å². The highest BCUT2D eigenvalue weighted by Crippen LogP contribution is 2.18. The Bertz CT molecular complexity index is 418. The van der Waals surface area contributed by atoms with Crippen LogP contribution in [0.25, 0.3) is 0 Å². The van der Waals surface area contributed by atoms with Crippen LogP contribution in [-0.4, -0.2) is 30.3 Å². The molecule has 4 nitrogen and oxygen atoms in total. The Morgan fingerprint density at radius 1 is 1.53 bits per heavy atom. The number of nitrogens with one attached hydrogen (secondary N) is 1. The molecule has 0 fully saturated rings. The number of hydrogen-bond donors (Lipinski definition) is 2. The van der Waals surface area contributed by atoms with Crippen molar-refractivity contribution in [3.63, 3.8) is 0 Å². The van der Waals surface area contributed by atoms with Crippen molar-refractivity contribution in [3.05, 3.63) is 29.6 Å². The Morgan fingerprint density at radius 3 is 2.65 bits per heavy atom. The topological polar surface area (TPSA) is 58.6 Å². The standard InChI is InChI=1S/C12H16FNO3/c1-12(2,7-15)14-11(16)8-4-5-10(17-3)9(13)6-8/h4-6,15H,7H2,1-3H3,(H,14,16). The third-order valence-corrected chi connectivity index (χ3v) is 2.26. The summed E-state index contributed by atoms with van der Waals surface area (Å²) in [7, 11) is 1.35. The zero-order valence-corrected chi connectivity index (χ0v) is 10.1. The average Bonchev–Trinajstić information content (AvgIpc) is 2.28. The van der Waals surface area contributed by atoms with Crippen molar-refractivity contribution in [2.75, 3.05) is 13.7 Å². The maximum absolute atomic E-state index is 13.4. The molecule has 0 aromatic heterocycles. The van der Waals surface area contributed by atoms with Crippen molar-refractivity contribution in [1.29, 1.82) is 0 Å². The van der Waals surface area contributed by atoms with Crippen molar-refractivity contribution in [2.45, 2.75) is 19.4 Å². The van der Waals surface area contributed by atoms with Crippen LogP contribution in [0.15, 0.2) is 18.2 Å². The second-order valence-electron chi connectivity index (χ2n) is 4.35. The minimum atomic E-state index is -0.743. The van der Waals surface area contributed by atoms with Gasteiger partial charge in [0.1, 0.15) is 0 Å². The zero-order chi connectivity index (χ0) is 13.1. The van der Waals surface area contributed by atoms with Gasteiger partial charge in [-0.3, -0.25) is 4.79 Å². The third kappa shape index (κ3) is 3.42. The van der Waals surface area contributed by atoms with Gasteiger partial charge in [-0.05, 0) is 32.0 Å². The van der Waals surface area contributed by atoms with E-state index in [9.17, 15) is 9.18 Å². The number of rotatable bonds is 4. The van der Waals surface area contributed by atoms with Crippen LogP contribution >= 0.6 is 0 Å². The fraction of sp³-hybridized carbons (Fsp3) is 0.417. The quantitative estimate of drug-likeness (QED) is 0.836. The van der Waals surface area contributed by atoms with Crippen molar-refractivity contribution >= 4 is 5.91 Å². The highest BCUT2D eigenvalue weighted by atomic mass is 19.1. The Labute approximate surface area is 99.4 Å². The van der Waals surface area contributed by atoms with Crippen molar-refractivity contribution in [3.8, 4) is 5.75 Å². The highest BCUT2D eigenvalue weighted by molar-refractivity contribution is 5.94. The maximum Gasteiger partial charge on any atom is 0.251 e. The van der Waals surface area contributed by atoms with E-state index >= 15 is 0 Å². The molecular formula is C12H16FNO3. The molecule has 0 radical (unpaired) electrons. The van der Waals surface area contributed by atoms with Gasteiger partial charge in [-0.25, -0.2) is 4.39 Å². The fourth-order valence-electron chi connectivity index (χ4n) is 1.23. The summed E-state index contributed by atoms with van der Waals surface area (Å²) in [6, 6.07) is 3.95. The second kappa shape index (κ2) is 5.14. The van der Waals surface area contributed by atoms with Crippen LogP contribution in [0.2, 0.25) is 0 Å². The van der Waals surface area contributed by atoms with E-state index in [1.807, 2.05) is 0 Å². The average molecular weight is 241 g/mol. The van der Waals surface area contributed by atoms with Crippen molar-refractivity contribution in [2.24, 2.45) is 0 Å². The first kappa shape index (κ1) is 13.4. The number of aliphatic hydroxyl groups excluding tert-OH is 1. The van der Waals surface area contributed by atoms with E-state index in [0.29, 0.717) is 0 Å². The molecule has 0 saturated carbocycles. The lowest BCUT2D eigenvalue weighted by Gasteiger charge is -2.23. The zero-order valence-electron chi connectivity index (χ0n) is 10.1. The molecule has 0 aliphatic heterocycles. The molecule has 5 heteroatoms. The molecule has 0 spiro atoms. The largest absolute Gasteiger partial charge is 0.494 e.